The van der Waals surface area contributed by atoms with Crippen LogP contribution in [0, 0.1) is 0 Å². The molecule has 0 radical (unpaired) electrons. The second-order valence-corrected chi connectivity index (χ2v) is 6.54. The molecule has 0 bridgehead atoms. The van der Waals surface area contributed by atoms with Crippen LogP contribution < -0.4 is 0 Å². The van der Waals surface area contributed by atoms with Crippen molar-refractivity contribution in [3.8, 4) is 5.75 Å². The molecular weight excluding hydrogens is 344 g/mol. The first-order valence-corrected chi connectivity index (χ1v) is 9.93. The molecule has 1 N–H and O–H groups in total. The Bertz CT molecular complexity index is 561. The lowest BCUT2D eigenvalue weighted by Crippen LogP contribution is -2.19. The van der Waals surface area contributed by atoms with Crippen LogP contribution in [-0.2, 0) is 19.1 Å². The van der Waals surface area contributed by atoms with Crippen molar-refractivity contribution in [2.45, 2.75) is 65.2 Å². The molecule has 0 atom stereocenters. The fourth-order valence-electron chi connectivity index (χ4n) is 2.48. The Morgan fingerprint density at radius 1 is 0.815 bits per heavy atom. The first kappa shape index (κ1) is 22.7. The highest BCUT2D eigenvalue weighted by Crippen LogP contribution is 2.15. The van der Waals surface area contributed by atoms with E-state index < -0.39 is 11.9 Å². The molecule has 1 rings (SSSR count). The van der Waals surface area contributed by atoms with Crippen LogP contribution in [0.3, 0.4) is 0 Å². The number of ether oxygens (including phenoxy) is 2. The maximum absolute atomic E-state index is 12.4. The molecular formula is C22H32O5. The monoisotopic (exact) mass is 376 g/mol. The Labute approximate surface area is 162 Å². The third-order valence-corrected chi connectivity index (χ3v) is 4.11. The fraction of sp³-hybridized carbons (Fsp3) is 0.545. The molecule has 0 unspecified atom stereocenters. The molecule has 27 heavy (non-hydrogen) atoms. The van der Waals surface area contributed by atoms with Gasteiger partial charge in [0, 0.05) is 0 Å². The van der Waals surface area contributed by atoms with Crippen LogP contribution in [0.15, 0.2) is 29.8 Å². The highest BCUT2D eigenvalue weighted by Gasteiger charge is 2.21. The number of aromatic hydroxyl groups is 1. The quantitative estimate of drug-likeness (QED) is 0.172. The summed E-state index contributed by atoms with van der Waals surface area (Å²) in [5.41, 5.74) is 0.500. The van der Waals surface area contributed by atoms with E-state index in [1.165, 1.54) is 18.2 Å². The number of carbonyl (C=O) groups is 2. The van der Waals surface area contributed by atoms with Crippen molar-refractivity contribution in [2.75, 3.05) is 13.2 Å². The van der Waals surface area contributed by atoms with Gasteiger partial charge in [0.25, 0.3) is 0 Å². The number of phenolic OH excluding ortho intramolecular Hbond substituents is 1. The molecule has 1 aromatic carbocycles. The number of benzene rings is 1. The summed E-state index contributed by atoms with van der Waals surface area (Å²) in [6.45, 7) is 4.80. The average molecular weight is 376 g/mol. The predicted octanol–water partition coefficient (Wildman–Crippen LogP) is 5.02. The minimum absolute atomic E-state index is 0.116. The van der Waals surface area contributed by atoms with Gasteiger partial charge in [-0.25, -0.2) is 9.59 Å². The van der Waals surface area contributed by atoms with E-state index in [0.29, 0.717) is 5.56 Å². The third-order valence-electron chi connectivity index (χ3n) is 4.11. The molecule has 0 aliphatic rings. The van der Waals surface area contributed by atoms with Crippen LogP contribution in [0.5, 0.6) is 5.75 Å². The van der Waals surface area contributed by atoms with E-state index in [1.807, 2.05) is 0 Å². The van der Waals surface area contributed by atoms with Gasteiger partial charge in [0.15, 0.2) is 0 Å². The maximum atomic E-state index is 12.4. The van der Waals surface area contributed by atoms with E-state index in [2.05, 4.69) is 13.8 Å². The molecule has 0 heterocycles. The lowest BCUT2D eigenvalue weighted by atomic mass is 10.1. The van der Waals surface area contributed by atoms with Gasteiger partial charge < -0.3 is 14.6 Å². The predicted molar refractivity (Wildman–Crippen MR) is 106 cm³/mol. The molecule has 0 aliphatic heterocycles. The Morgan fingerprint density at radius 2 is 1.30 bits per heavy atom. The molecule has 0 amide bonds. The van der Waals surface area contributed by atoms with Gasteiger partial charge >= 0.3 is 11.9 Å². The van der Waals surface area contributed by atoms with E-state index in [1.54, 1.807) is 12.1 Å². The minimum atomic E-state index is -0.668. The van der Waals surface area contributed by atoms with Crippen molar-refractivity contribution in [1.29, 1.82) is 0 Å². The Hall–Kier alpha value is -2.30. The Balaban J connectivity index is 2.71. The Morgan fingerprint density at radius 3 is 1.74 bits per heavy atom. The van der Waals surface area contributed by atoms with Crippen LogP contribution in [0.2, 0.25) is 0 Å². The topological polar surface area (TPSA) is 72.8 Å². The van der Waals surface area contributed by atoms with E-state index in [0.717, 1.165) is 51.4 Å². The summed E-state index contributed by atoms with van der Waals surface area (Å²) < 4.78 is 10.5. The van der Waals surface area contributed by atoms with Crippen LogP contribution in [0.1, 0.15) is 70.8 Å². The molecule has 5 nitrogen and oxygen atoms in total. The lowest BCUT2D eigenvalue weighted by molar-refractivity contribution is -0.147. The summed E-state index contributed by atoms with van der Waals surface area (Å²) in [5, 5.41) is 9.38. The van der Waals surface area contributed by atoms with Gasteiger partial charge in [-0.1, -0.05) is 64.5 Å². The first-order chi connectivity index (χ1) is 13.1. The summed E-state index contributed by atoms with van der Waals surface area (Å²) in [6, 6.07) is 6.24. The molecule has 0 spiro atoms. The number of hydrogen-bond acceptors (Lipinski definition) is 5. The van der Waals surface area contributed by atoms with Crippen molar-refractivity contribution >= 4 is 18.0 Å². The zero-order valence-corrected chi connectivity index (χ0v) is 16.5. The number of carbonyl (C=O) groups excluding carboxylic acids is 2. The summed E-state index contributed by atoms with van der Waals surface area (Å²) in [4.78, 5) is 24.8. The van der Waals surface area contributed by atoms with Crippen molar-refractivity contribution in [3.63, 3.8) is 0 Å². The lowest BCUT2D eigenvalue weighted by Gasteiger charge is -2.09. The summed E-state index contributed by atoms with van der Waals surface area (Å²) >= 11 is 0. The van der Waals surface area contributed by atoms with Crippen molar-refractivity contribution < 1.29 is 24.2 Å². The number of esters is 2. The fourth-order valence-corrected chi connectivity index (χ4v) is 2.48. The number of unbranched alkanes of at least 4 members (excludes halogenated alkanes) is 6. The van der Waals surface area contributed by atoms with E-state index in [9.17, 15) is 14.7 Å². The average Bonchev–Trinajstić information content (AvgIpc) is 2.66. The molecule has 0 aromatic heterocycles. The highest BCUT2D eigenvalue weighted by molar-refractivity contribution is 6.17. The number of rotatable bonds is 13. The molecule has 0 saturated carbocycles. The molecule has 0 saturated heterocycles. The summed E-state index contributed by atoms with van der Waals surface area (Å²) in [5.74, 6) is -1.22. The highest BCUT2D eigenvalue weighted by atomic mass is 16.6. The van der Waals surface area contributed by atoms with Crippen molar-refractivity contribution in [2.24, 2.45) is 0 Å². The standard InChI is InChI=1S/C22H32O5/c1-3-5-7-9-15-26-21(24)20(17-18-11-13-19(23)14-12-18)22(25)27-16-10-8-6-4-2/h11-14,17,23H,3-10,15-16H2,1-2H3. The summed E-state index contributed by atoms with van der Waals surface area (Å²) in [7, 11) is 0. The van der Waals surface area contributed by atoms with Crippen LogP contribution in [0.25, 0.3) is 6.08 Å². The first-order valence-electron chi connectivity index (χ1n) is 9.93. The third kappa shape index (κ3) is 9.83. The van der Waals surface area contributed by atoms with Gasteiger partial charge in [0.2, 0.25) is 0 Å². The second kappa shape index (κ2) is 13.8. The second-order valence-electron chi connectivity index (χ2n) is 6.54. The molecule has 0 aliphatic carbocycles. The van der Waals surface area contributed by atoms with Gasteiger partial charge in [-0.05, 0) is 36.6 Å². The zero-order valence-electron chi connectivity index (χ0n) is 16.5. The normalized spacial score (nSPS) is 10.3. The molecule has 5 heteroatoms. The van der Waals surface area contributed by atoms with Gasteiger partial charge in [-0.2, -0.15) is 0 Å². The molecule has 150 valence electrons. The zero-order chi connectivity index (χ0) is 19.9. The van der Waals surface area contributed by atoms with Crippen LogP contribution in [-0.4, -0.2) is 30.3 Å². The van der Waals surface area contributed by atoms with E-state index in [-0.39, 0.29) is 24.5 Å². The van der Waals surface area contributed by atoms with Crippen molar-refractivity contribution in [1.82, 2.24) is 0 Å². The van der Waals surface area contributed by atoms with Crippen LogP contribution >= 0.6 is 0 Å². The Kier molecular flexibility index (Phi) is 11.7. The molecule has 0 fully saturated rings. The maximum Gasteiger partial charge on any atom is 0.345 e. The van der Waals surface area contributed by atoms with Gasteiger partial charge in [-0.15, -0.1) is 0 Å². The van der Waals surface area contributed by atoms with E-state index in [4.69, 9.17) is 9.47 Å². The number of phenols is 1. The van der Waals surface area contributed by atoms with Gasteiger partial charge in [0.05, 0.1) is 13.2 Å². The molecule has 1 aromatic rings. The van der Waals surface area contributed by atoms with Crippen LogP contribution in [0.4, 0.5) is 0 Å². The largest absolute Gasteiger partial charge is 0.508 e. The van der Waals surface area contributed by atoms with Gasteiger partial charge in [-0.3, -0.25) is 0 Å². The van der Waals surface area contributed by atoms with Crippen molar-refractivity contribution in [3.05, 3.63) is 35.4 Å². The smallest absolute Gasteiger partial charge is 0.345 e. The minimum Gasteiger partial charge on any atom is -0.508 e. The summed E-state index contributed by atoms with van der Waals surface area (Å²) in [6.07, 6.45) is 9.36. The van der Waals surface area contributed by atoms with Gasteiger partial charge in [0.1, 0.15) is 11.3 Å². The van der Waals surface area contributed by atoms with E-state index >= 15 is 0 Å². The SMILES string of the molecule is CCCCCCOC(=O)C(=Cc1ccc(O)cc1)C(=O)OCCCCCC. The number of hydrogen-bond donors (Lipinski definition) is 1.